The second-order valence-electron chi connectivity index (χ2n) is 3.66. The smallest absolute Gasteiger partial charge is 0.257 e. The summed E-state index contributed by atoms with van der Waals surface area (Å²) in [5, 5.41) is 0.435. The maximum atomic E-state index is 11.9. The zero-order valence-electron chi connectivity index (χ0n) is 10.1. The number of benzene rings is 1. The molecule has 1 heterocycles. The summed E-state index contributed by atoms with van der Waals surface area (Å²) < 4.78 is 31.4. The van der Waals surface area contributed by atoms with Crippen LogP contribution in [0.4, 0.5) is 0 Å². The van der Waals surface area contributed by atoms with E-state index in [4.69, 9.17) is 16.3 Å². The molecule has 0 spiro atoms. The average Bonchev–Trinajstić information content (AvgIpc) is 2.91. The molecule has 8 heteroatoms. The average molecular weight is 302 g/mol. The summed E-state index contributed by atoms with van der Waals surface area (Å²) in [6, 6.07) is 5.11. The second kappa shape index (κ2) is 5.60. The summed E-state index contributed by atoms with van der Waals surface area (Å²) in [4.78, 5) is 6.20. The minimum atomic E-state index is -3.64. The van der Waals surface area contributed by atoms with Crippen LogP contribution in [0.3, 0.4) is 0 Å². The van der Waals surface area contributed by atoms with Gasteiger partial charge in [-0.05, 0) is 12.1 Å². The lowest BCUT2D eigenvalue weighted by molar-refractivity contribution is 0.409. The molecule has 0 radical (unpaired) electrons. The molecule has 0 saturated carbocycles. The van der Waals surface area contributed by atoms with Gasteiger partial charge in [0.15, 0.2) is 5.03 Å². The quantitative estimate of drug-likeness (QED) is 0.877. The minimum Gasteiger partial charge on any atom is -0.496 e. The Morgan fingerprint density at radius 3 is 2.89 bits per heavy atom. The van der Waals surface area contributed by atoms with E-state index < -0.39 is 10.0 Å². The standard InChI is InChI=1S/C11H12ClN3O3S/c1-18-10-4-2-3-9(12)8(10)5-15-19(16,17)11-6-13-7-14-11/h2-4,6-7,15H,5H2,1H3,(H,13,14). The zero-order chi connectivity index (χ0) is 13.9. The summed E-state index contributed by atoms with van der Waals surface area (Å²) in [6.45, 7) is 0.0319. The number of H-pyrrole nitrogens is 1. The van der Waals surface area contributed by atoms with Crippen LogP contribution in [-0.2, 0) is 16.6 Å². The van der Waals surface area contributed by atoms with Crippen molar-refractivity contribution < 1.29 is 13.2 Å². The van der Waals surface area contributed by atoms with Gasteiger partial charge in [0.05, 0.1) is 19.6 Å². The van der Waals surface area contributed by atoms with E-state index in [0.717, 1.165) is 0 Å². The molecule has 0 aliphatic heterocycles. The highest BCUT2D eigenvalue weighted by atomic mass is 35.5. The number of methoxy groups -OCH3 is 1. The largest absolute Gasteiger partial charge is 0.496 e. The van der Waals surface area contributed by atoms with Crippen molar-refractivity contribution in [3.63, 3.8) is 0 Å². The van der Waals surface area contributed by atoms with E-state index in [1.165, 1.54) is 19.6 Å². The van der Waals surface area contributed by atoms with Gasteiger partial charge in [-0.1, -0.05) is 17.7 Å². The highest BCUT2D eigenvalue weighted by Crippen LogP contribution is 2.26. The van der Waals surface area contributed by atoms with Crippen molar-refractivity contribution in [3.05, 3.63) is 41.3 Å². The predicted octanol–water partition coefficient (Wildman–Crippen LogP) is 1.55. The number of hydrogen-bond acceptors (Lipinski definition) is 4. The van der Waals surface area contributed by atoms with Crippen LogP contribution in [0.15, 0.2) is 35.7 Å². The van der Waals surface area contributed by atoms with Crippen LogP contribution in [-0.4, -0.2) is 25.5 Å². The molecular formula is C11H12ClN3O3S. The number of aromatic nitrogens is 2. The number of halogens is 1. The normalized spacial score (nSPS) is 11.5. The van der Waals surface area contributed by atoms with Gasteiger partial charge in [-0.2, -0.15) is 0 Å². The van der Waals surface area contributed by atoms with E-state index >= 15 is 0 Å². The van der Waals surface area contributed by atoms with Gasteiger partial charge in [0.1, 0.15) is 5.75 Å². The Morgan fingerprint density at radius 2 is 2.26 bits per heavy atom. The number of sulfonamides is 1. The number of imidazole rings is 1. The predicted molar refractivity (Wildman–Crippen MR) is 70.6 cm³/mol. The molecule has 0 unspecified atom stereocenters. The molecule has 0 bridgehead atoms. The van der Waals surface area contributed by atoms with Gasteiger partial charge < -0.3 is 9.72 Å². The third-order valence-electron chi connectivity index (χ3n) is 2.50. The summed E-state index contributed by atoms with van der Waals surface area (Å²) >= 11 is 6.03. The summed E-state index contributed by atoms with van der Waals surface area (Å²) in [6.07, 6.45) is 2.52. The molecule has 0 aliphatic rings. The molecule has 0 saturated heterocycles. The molecule has 102 valence electrons. The maximum absolute atomic E-state index is 11.9. The van der Waals surface area contributed by atoms with Crippen molar-refractivity contribution in [2.75, 3.05) is 7.11 Å². The second-order valence-corrected chi connectivity index (χ2v) is 5.80. The zero-order valence-corrected chi connectivity index (χ0v) is 11.6. The van der Waals surface area contributed by atoms with Gasteiger partial charge in [0.25, 0.3) is 10.0 Å². The van der Waals surface area contributed by atoms with Crippen LogP contribution in [0, 0.1) is 0 Å². The molecule has 6 nitrogen and oxygen atoms in total. The Balaban J connectivity index is 2.20. The lowest BCUT2D eigenvalue weighted by atomic mass is 10.2. The molecular weight excluding hydrogens is 290 g/mol. The topological polar surface area (TPSA) is 84.1 Å². The van der Waals surface area contributed by atoms with Gasteiger partial charge >= 0.3 is 0 Å². The van der Waals surface area contributed by atoms with Gasteiger partial charge in [0.2, 0.25) is 0 Å². The Morgan fingerprint density at radius 1 is 1.47 bits per heavy atom. The highest BCUT2D eigenvalue weighted by molar-refractivity contribution is 7.89. The minimum absolute atomic E-state index is 0.00137. The molecule has 0 aliphatic carbocycles. The van der Waals surface area contributed by atoms with Crippen molar-refractivity contribution in [1.82, 2.24) is 14.7 Å². The SMILES string of the molecule is COc1cccc(Cl)c1CNS(=O)(=O)c1cnc[nH]1. The number of hydrogen-bond donors (Lipinski definition) is 2. The van der Waals surface area contributed by atoms with E-state index in [1.54, 1.807) is 18.2 Å². The highest BCUT2D eigenvalue weighted by Gasteiger charge is 2.17. The fourth-order valence-electron chi connectivity index (χ4n) is 1.54. The Kier molecular flexibility index (Phi) is 4.08. The lowest BCUT2D eigenvalue weighted by Crippen LogP contribution is -2.24. The Hall–Kier alpha value is -1.57. The number of nitrogens with one attached hydrogen (secondary N) is 2. The van der Waals surface area contributed by atoms with E-state index in [1.807, 2.05) is 0 Å². The van der Waals surface area contributed by atoms with Crippen LogP contribution in [0.5, 0.6) is 5.75 Å². The van der Waals surface area contributed by atoms with Crippen LogP contribution < -0.4 is 9.46 Å². The van der Waals surface area contributed by atoms with Crippen LogP contribution in [0.2, 0.25) is 5.02 Å². The van der Waals surface area contributed by atoms with Crippen molar-refractivity contribution in [1.29, 1.82) is 0 Å². The molecule has 0 atom stereocenters. The van der Waals surface area contributed by atoms with E-state index in [2.05, 4.69) is 14.7 Å². The van der Waals surface area contributed by atoms with Gasteiger partial charge in [-0.25, -0.2) is 18.1 Å². The van der Waals surface area contributed by atoms with E-state index in [9.17, 15) is 8.42 Å². The monoisotopic (exact) mass is 301 g/mol. The molecule has 2 rings (SSSR count). The van der Waals surface area contributed by atoms with Crippen molar-refractivity contribution in [3.8, 4) is 5.75 Å². The third kappa shape index (κ3) is 3.06. The maximum Gasteiger partial charge on any atom is 0.257 e. The van der Waals surface area contributed by atoms with Crippen molar-refractivity contribution in [2.24, 2.45) is 0 Å². The van der Waals surface area contributed by atoms with E-state index in [-0.39, 0.29) is 11.6 Å². The summed E-state index contributed by atoms with van der Waals surface area (Å²) in [5.74, 6) is 0.528. The molecule has 1 aromatic heterocycles. The van der Waals surface area contributed by atoms with Crippen molar-refractivity contribution >= 4 is 21.6 Å². The van der Waals surface area contributed by atoms with Gasteiger partial charge in [-0.3, -0.25) is 0 Å². The van der Waals surface area contributed by atoms with E-state index in [0.29, 0.717) is 16.3 Å². The lowest BCUT2D eigenvalue weighted by Gasteiger charge is -2.11. The fourth-order valence-corrected chi connectivity index (χ4v) is 2.67. The van der Waals surface area contributed by atoms with Crippen molar-refractivity contribution in [2.45, 2.75) is 11.6 Å². The Labute approximate surface area is 115 Å². The molecule has 2 aromatic rings. The first kappa shape index (κ1) is 13.9. The first-order valence-electron chi connectivity index (χ1n) is 5.34. The van der Waals surface area contributed by atoms with Crippen LogP contribution >= 0.6 is 11.6 Å². The first-order valence-corrected chi connectivity index (χ1v) is 7.20. The molecule has 1 aromatic carbocycles. The third-order valence-corrected chi connectivity index (χ3v) is 4.18. The number of aromatic amines is 1. The number of rotatable bonds is 5. The van der Waals surface area contributed by atoms with Crippen LogP contribution in [0.1, 0.15) is 5.56 Å². The summed E-state index contributed by atoms with van der Waals surface area (Å²) in [5.41, 5.74) is 0.578. The number of ether oxygens (including phenoxy) is 1. The van der Waals surface area contributed by atoms with Gasteiger partial charge in [0, 0.05) is 17.1 Å². The summed E-state index contributed by atoms with van der Waals surface area (Å²) in [7, 11) is -2.14. The molecule has 19 heavy (non-hydrogen) atoms. The van der Waals surface area contributed by atoms with Gasteiger partial charge in [-0.15, -0.1) is 0 Å². The molecule has 2 N–H and O–H groups in total. The first-order chi connectivity index (χ1) is 9.04. The fraction of sp³-hybridized carbons (Fsp3) is 0.182. The molecule has 0 fully saturated rings. The number of nitrogens with zero attached hydrogens (tertiary/aromatic N) is 1. The molecule has 0 amide bonds. The van der Waals surface area contributed by atoms with Crippen LogP contribution in [0.25, 0.3) is 0 Å². The Bertz CT molecular complexity index is 656.